The summed E-state index contributed by atoms with van der Waals surface area (Å²) >= 11 is 0. The maximum Gasteiger partial charge on any atom is 0.238 e. The summed E-state index contributed by atoms with van der Waals surface area (Å²) in [6.07, 6.45) is 1.65. The number of benzene rings is 1. The van der Waals surface area contributed by atoms with E-state index in [1.165, 1.54) is 0 Å². The van der Waals surface area contributed by atoms with Gasteiger partial charge in [0.25, 0.3) is 0 Å². The number of hydrogen-bond donors (Lipinski definition) is 2. The largest absolute Gasteiger partial charge is 0.344 e. The molecular weight excluding hydrogens is 212 g/mol. The van der Waals surface area contributed by atoms with Crippen LogP contribution in [0.25, 0.3) is 0 Å². The van der Waals surface area contributed by atoms with Crippen LogP contribution in [-0.4, -0.2) is 8.42 Å². The van der Waals surface area contributed by atoms with Gasteiger partial charge < -0.3 is 6.15 Å². The number of primary sulfonamides is 1. The van der Waals surface area contributed by atoms with Crippen molar-refractivity contribution in [3.05, 3.63) is 29.3 Å². The van der Waals surface area contributed by atoms with Gasteiger partial charge in [0.15, 0.2) is 0 Å². The monoisotopic (exact) mass is 230 g/mol. The van der Waals surface area contributed by atoms with Crippen LogP contribution >= 0.6 is 0 Å². The van der Waals surface area contributed by atoms with Crippen molar-refractivity contribution in [1.82, 2.24) is 6.15 Å². The Hall–Kier alpha value is -0.910. The molecule has 5 N–H and O–H groups in total. The van der Waals surface area contributed by atoms with E-state index in [-0.39, 0.29) is 11.0 Å². The molecule has 4 nitrogen and oxygen atoms in total. The summed E-state index contributed by atoms with van der Waals surface area (Å²) in [5.41, 5.74) is 1.87. The van der Waals surface area contributed by atoms with Crippen molar-refractivity contribution in [3.63, 3.8) is 0 Å². The van der Waals surface area contributed by atoms with Gasteiger partial charge in [0.1, 0.15) is 0 Å². The first-order valence-electron chi connectivity index (χ1n) is 4.57. The van der Waals surface area contributed by atoms with E-state index in [2.05, 4.69) is 0 Å². The highest BCUT2D eigenvalue weighted by Crippen LogP contribution is 2.17. The summed E-state index contributed by atoms with van der Waals surface area (Å²) in [6, 6.07) is 5.22. The molecule has 0 amide bonds. The predicted molar refractivity (Wildman–Crippen MR) is 61.6 cm³/mol. The van der Waals surface area contributed by atoms with Crippen molar-refractivity contribution in [2.45, 2.75) is 31.6 Å². The Balaban J connectivity index is 0.00000196. The first-order valence-corrected chi connectivity index (χ1v) is 6.12. The van der Waals surface area contributed by atoms with E-state index in [1.54, 1.807) is 12.1 Å². The van der Waals surface area contributed by atoms with Gasteiger partial charge in [-0.2, -0.15) is 0 Å². The first kappa shape index (κ1) is 14.1. The van der Waals surface area contributed by atoms with Crippen LogP contribution < -0.4 is 11.3 Å². The quantitative estimate of drug-likeness (QED) is 0.828. The lowest BCUT2D eigenvalue weighted by atomic mass is 10.1. The Morgan fingerprint density at radius 2 is 1.93 bits per heavy atom. The van der Waals surface area contributed by atoms with Gasteiger partial charge in [0, 0.05) is 0 Å². The van der Waals surface area contributed by atoms with Gasteiger partial charge in [-0.05, 0) is 25.0 Å². The Kier molecular flexibility index (Phi) is 4.93. The highest BCUT2D eigenvalue weighted by Gasteiger charge is 2.12. The Labute approximate surface area is 91.1 Å². The molecule has 0 unspecified atom stereocenters. The summed E-state index contributed by atoms with van der Waals surface area (Å²) in [5, 5.41) is 5.11. The van der Waals surface area contributed by atoms with Crippen LogP contribution in [0.1, 0.15) is 24.5 Å². The molecule has 0 saturated carbocycles. The fourth-order valence-corrected chi connectivity index (χ4v) is 2.23. The minimum absolute atomic E-state index is 0. The van der Waals surface area contributed by atoms with Gasteiger partial charge in [-0.15, -0.1) is 0 Å². The summed E-state index contributed by atoms with van der Waals surface area (Å²) in [7, 11) is -3.57. The SMILES string of the molecule is CCCc1cc(C)ccc1S(N)(=O)=O.N. The normalized spacial score (nSPS) is 10.9. The molecule has 0 fully saturated rings. The second kappa shape index (κ2) is 5.25. The molecule has 0 bridgehead atoms. The minimum atomic E-state index is -3.57. The van der Waals surface area contributed by atoms with Crippen LogP contribution in [0.4, 0.5) is 0 Å². The lowest BCUT2D eigenvalue weighted by Crippen LogP contribution is -2.14. The molecule has 1 aromatic rings. The van der Waals surface area contributed by atoms with Gasteiger partial charge in [-0.25, -0.2) is 13.6 Å². The lowest BCUT2D eigenvalue weighted by molar-refractivity contribution is 0.596. The van der Waals surface area contributed by atoms with E-state index in [4.69, 9.17) is 5.14 Å². The number of aryl methyl sites for hydroxylation is 2. The zero-order chi connectivity index (χ0) is 10.8. The molecule has 0 aliphatic carbocycles. The molecule has 0 aliphatic heterocycles. The van der Waals surface area contributed by atoms with Crippen LogP contribution in [0.2, 0.25) is 0 Å². The van der Waals surface area contributed by atoms with E-state index < -0.39 is 10.0 Å². The van der Waals surface area contributed by atoms with Crippen molar-refractivity contribution in [2.24, 2.45) is 5.14 Å². The zero-order valence-corrected chi connectivity index (χ0v) is 9.97. The molecule has 0 heterocycles. The van der Waals surface area contributed by atoms with Crippen LogP contribution in [-0.2, 0) is 16.4 Å². The molecule has 15 heavy (non-hydrogen) atoms. The van der Waals surface area contributed by atoms with Crippen molar-refractivity contribution >= 4 is 10.0 Å². The molecular formula is C10H18N2O2S. The second-order valence-electron chi connectivity index (χ2n) is 3.41. The van der Waals surface area contributed by atoms with Gasteiger partial charge in [0.05, 0.1) is 4.90 Å². The number of hydrogen-bond acceptors (Lipinski definition) is 3. The number of sulfonamides is 1. The van der Waals surface area contributed by atoms with Crippen LogP contribution in [0.3, 0.4) is 0 Å². The van der Waals surface area contributed by atoms with Crippen LogP contribution in [0.15, 0.2) is 23.1 Å². The Morgan fingerprint density at radius 1 is 1.33 bits per heavy atom. The predicted octanol–water partition coefficient (Wildman–Crippen LogP) is 1.76. The van der Waals surface area contributed by atoms with Gasteiger partial charge in [-0.1, -0.05) is 31.0 Å². The van der Waals surface area contributed by atoms with E-state index in [0.29, 0.717) is 0 Å². The molecule has 0 aromatic heterocycles. The first-order chi connectivity index (χ1) is 6.45. The Bertz CT molecular complexity index is 427. The van der Waals surface area contributed by atoms with Crippen molar-refractivity contribution in [2.75, 3.05) is 0 Å². The zero-order valence-electron chi connectivity index (χ0n) is 9.16. The number of nitrogens with two attached hydrogens (primary N) is 1. The molecule has 0 saturated heterocycles. The van der Waals surface area contributed by atoms with Crippen molar-refractivity contribution < 1.29 is 8.42 Å². The van der Waals surface area contributed by atoms with Crippen LogP contribution in [0.5, 0.6) is 0 Å². The van der Waals surface area contributed by atoms with Crippen molar-refractivity contribution in [3.8, 4) is 0 Å². The fraction of sp³-hybridized carbons (Fsp3) is 0.400. The molecule has 0 atom stereocenters. The molecule has 0 aliphatic rings. The third-order valence-electron chi connectivity index (χ3n) is 2.04. The third kappa shape index (κ3) is 3.62. The second-order valence-corrected chi connectivity index (χ2v) is 4.94. The summed E-state index contributed by atoms with van der Waals surface area (Å²) in [5.74, 6) is 0. The molecule has 5 heteroatoms. The lowest BCUT2D eigenvalue weighted by Gasteiger charge is -2.07. The van der Waals surface area contributed by atoms with Crippen LogP contribution in [0, 0.1) is 6.92 Å². The molecule has 1 aromatic carbocycles. The smallest absolute Gasteiger partial charge is 0.238 e. The highest BCUT2D eigenvalue weighted by atomic mass is 32.2. The van der Waals surface area contributed by atoms with Gasteiger partial charge in [0.2, 0.25) is 10.0 Å². The number of rotatable bonds is 3. The maximum absolute atomic E-state index is 11.2. The fourth-order valence-electron chi connectivity index (χ4n) is 1.45. The highest BCUT2D eigenvalue weighted by molar-refractivity contribution is 7.89. The minimum Gasteiger partial charge on any atom is -0.344 e. The average molecular weight is 230 g/mol. The molecule has 0 spiro atoms. The van der Waals surface area contributed by atoms with Gasteiger partial charge >= 0.3 is 0 Å². The Morgan fingerprint density at radius 3 is 2.40 bits per heavy atom. The topological polar surface area (TPSA) is 95.2 Å². The standard InChI is InChI=1S/C10H15NO2S.H3N/c1-3-4-9-7-8(2)5-6-10(9)14(11,12)13;/h5-7H,3-4H2,1-2H3,(H2,11,12,13);1H3. The average Bonchev–Trinajstić information content (AvgIpc) is 2.02. The van der Waals surface area contributed by atoms with E-state index in [9.17, 15) is 8.42 Å². The summed E-state index contributed by atoms with van der Waals surface area (Å²) in [4.78, 5) is 0.255. The van der Waals surface area contributed by atoms with E-state index >= 15 is 0 Å². The maximum atomic E-state index is 11.2. The van der Waals surface area contributed by atoms with E-state index in [1.807, 2.05) is 19.9 Å². The third-order valence-corrected chi connectivity index (χ3v) is 3.05. The molecule has 86 valence electrons. The molecule has 0 radical (unpaired) electrons. The van der Waals surface area contributed by atoms with Crippen molar-refractivity contribution in [1.29, 1.82) is 0 Å². The van der Waals surface area contributed by atoms with Gasteiger partial charge in [-0.3, -0.25) is 0 Å². The summed E-state index contributed by atoms with van der Waals surface area (Å²) in [6.45, 7) is 3.95. The molecule has 1 rings (SSSR count). The van der Waals surface area contributed by atoms with E-state index in [0.717, 1.165) is 24.0 Å². The summed E-state index contributed by atoms with van der Waals surface area (Å²) < 4.78 is 22.4.